The Kier molecular flexibility index (Phi) is 5.73. The number of carbonyl (C=O) groups is 1. The molecular formula is C20H22N2O3S. The summed E-state index contributed by atoms with van der Waals surface area (Å²) < 4.78 is 13.9. The average Bonchev–Trinajstić information content (AvgIpc) is 2.99. The molecule has 26 heavy (non-hydrogen) atoms. The number of rotatable bonds is 6. The van der Waals surface area contributed by atoms with Gasteiger partial charge in [-0.05, 0) is 55.8 Å². The molecule has 6 heteroatoms. The van der Waals surface area contributed by atoms with Crippen molar-refractivity contribution in [2.75, 3.05) is 13.7 Å². The Morgan fingerprint density at radius 2 is 1.85 bits per heavy atom. The van der Waals surface area contributed by atoms with Crippen molar-refractivity contribution in [1.29, 1.82) is 0 Å². The summed E-state index contributed by atoms with van der Waals surface area (Å²) in [6.45, 7) is 5.51. The SMILES string of the molecule is CCCn1c(=NC(=O)c2ccc(OC)cc2)sc2cc(OCC)ccc21. The van der Waals surface area contributed by atoms with E-state index in [4.69, 9.17) is 9.47 Å². The van der Waals surface area contributed by atoms with Crippen molar-refractivity contribution in [3.05, 3.63) is 52.8 Å². The smallest absolute Gasteiger partial charge is 0.279 e. The number of hydrogen-bond acceptors (Lipinski definition) is 4. The Hall–Kier alpha value is -2.60. The van der Waals surface area contributed by atoms with Crippen molar-refractivity contribution in [3.63, 3.8) is 0 Å². The predicted molar refractivity (Wildman–Crippen MR) is 104 cm³/mol. The molecule has 0 saturated heterocycles. The van der Waals surface area contributed by atoms with Crippen molar-refractivity contribution < 1.29 is 14.3 Å². The fourth-order valence-corrected chi connectivity index (χ4v) is 3.80. The number of ether oxygens (including phenoxy) is 2. The molecule has 1 amide bonds. The highest BCUT2D eigenvalue weighted by atomic mass is 32.1. The number of benzene rings is 2. The zero-order valence-electron chi connectivity index (χ0n) is 15.2. The molecule has 1 heterocycles. The van der Waals surface area contributed by atoms with E-state index in [0.717, 1.165) is 28.9 Å². The van der Waals surface area contributed by atoms with Gasteiger partial charge in [0.05, 0.1) is 23.9 Å². The number of carbonyl (C=O) groups excluding carboxylic acids is 1. The Bertz CT molecular complexity index is 971. The lowest BCUT2D eigenvalue weighted by atomic mass is 10.2. The summed E-state index contributed by atoms with van der Waals surface area (Å²) in [7, 11) is 1.60. The second-order valence-corrected chi connectivity index (χ2v) is 6.75. The van der Waals surface area contributed by atoms with Crippen LogP contribution in [0, 0.1) is 0 Å². The summed E-state index contributed by atoms with van der Waals surface area (Å²) in [5, 5.41) is 0. The molecule has 0 spiro atoms. The summed E-state index contributed by atoms with van der Waals surface area (Å²) in [6.07, 6.45) is 0.961. The van der Waals surface area contributed by atoms with Gasteiger partial charge < -0.3 is 14.0 Å². The summed E-state index contributed by atoms with van der Waals surface area (Å²) in [5.41, 5.74) is 1.61. The molecule has 0 aliphatic carbocycles. The molecule has 0 radical (unpaired) electrons. The largest absolute Gasteiger partial charge is 0.497 e. The Morgan fingerprint density at radius 3 is 2.50 bits per heavy atom. The van der Waals surface area contributed by atoms with Gasteiger partial charge in [0.15, 0.2) is 4.80 Å². The second kappa shape index (κ2) is 8.19. The van der Waals surface area contributed by atoms with Crippen LogP contribution in [-0.4, -0.2) is 24.2 Å². The second-order valence-electron chi connectivity index (χ2n) is 5.74. The highest BCUT2D eigenvalue weighted by Gasteiger charge is 2.10. The van der Waals surface area contributed by atoms with Gasteiger partial charge in [0.25, 0.3) is 5.91 Å². The first kappa shape index (κ1) is 18.2. The van der Waals surface area contributed by atoms with Crippen LogP contribution < -0.4 is 14.3 Å². The van der Waals surface area contributed by atoms with E-state index in [1.54, 1.807) is 31.4 Å². The predicted octanol–water partition coefficient (Wildman–Crippen LogP) is 4.26. The van der Waals surface area contributed by atoms with Crippen LogP contribution in [0.4, 0.5) is 0 Å². The molecule has 0 aliphatic heterocycles. The van der Waals surface area contributed by atoms with E-state index in [0.29, 0.717) is 22.7 Å². The molecule has 1 aromatic heterocycles. The quantitative estimate of drug-likeness (QED) is 0.651. The van der Waals surface area contributed by atoms with Gasteiger partial charge in [0.2, 0.25) is 0 Å². The molecule has 0 unspecified atom stereocenters. The molecule has 136 valence electrons. The lowest BCUT2D eigenvalue weighted by Crippen LogP contribution is -2.16. The molecule has 2 aromatic carbocycles. The number of amides is 1. The van der Waals surface area contributed by atoms with Crippen molar-refractivity contribution in [3.8, 4) is 11.5 Å². The van der Waals surface area contributed by atoms with Crippen LogP contribution in [0.25, 0.3) is 10.2 Å². The number of nitrogens with zero attached hydrogens (tertiary/aromatic N) is 2. The van der Waals surface area contributed by atoms with Crippen molar-refractivity contribution in [1.82, 2.24) is 4.57 Å². The molecule has 5 nitrogen and oxygen atoms in total. The van der Waals surface area contributed by atoms with Gasteiger partial charge in [-0.15, -0.1) is 0 Å². The number of hydrogen-bond donors (Lipinski definition) is 0. The number of thiazole rings is 1. The van der Waals surface area contributed by atoms with Crippen molar-refractivity contribution >= 4 is 27.5 Å². The first-order chi connectivity index (χ1) is 12.7. The zero-order valence-corrected chi connectivity index (χ0v) is 16.0. The third-order valence-corrected chi connectivity index (χ3v) is 4.99. The van der Waals surface area contributed by atoms with Gasteiger partial charge in [0.1, 0.15) is 11.5 Å². The summed E-state index contributed by atoms with van der Waals surface area (Å²) in [4.78, 5) is 17.7. The zero-order chi connectivity index (χ0) is 18.5. The van der Waals surface area contributed by atoms with E-state index in [-0.39, 0.29) is 5.91 Å². The van der Waals surface area contributed by atoms with E-state index >= 15 is 0 Å². The van der Waals surface area contributed by atoms with Crippen LogP contribution in [0.5, 0.6) is 11.5 Å². The maximum Gasteiger partial charge on any atom is 0.279 e. The minimum atomic E-state index is -0.255. The number of aryl methyl sites for hydroxylation is 1. The Labute approximate surface area is 156 Å². The number of methoxy groups -OCH3 is 1. The van der Waals surface area contributed by atoms with Crippen LogP contribution in [0.2, 0.25) is 0 Å². The van der Waals surface area contributed by atoms with Gasteiger partial charge in [-0.2, -0.15) is 4.99 Å². The van der Waals surface area contributed by atoms with E-state index < -0.39 is 0 Å². The maximum absolute atomic E-state index is 12.6. The van der Waals surface area contributed by atoms with Crippen LogP contribution in [0.1, 0.15) is 30.6 Å². The third-order valence-electron chi connectivity index (χ3n) is 3.95. The third kappa shape index (κ3) is 3.80. The Morgan fingerprint density at radius 1 is 1.12 bits per heavy atom. The molecule has 3 rings (SSSR count). The van der Waals surface area contributed by atoms with E-state index in [1.807, 2.05) is 25.1 Å². The summed E-state index contributed by atoms with van der Waals surface area (Å²) in [6, 6.07) is 13.0. The van der Waals surface area contributed by atoms with Crippen molar-refractivity contribution in [2.24, 2.45) is 4.99 Å². The molecule has 0 N–H and O–H groups in total. The first-order valence-electron chi connectivity index (χ1n) is 8.65. The van der Waals surface area contributed by atoms with Crippen LogP contribution >= 0.6 is 11.3 Å². The first-order valence-corrected chi connectivity index (χ1v) is 9.47. The van der Waals surface area contributed by atoms with Gasteiger partial charge in [-0.3, -0.25) is 4.79 Å². The highest BCUT2D eigenvalue weighted by Crippen LogP contribution is 2.24. The molecule has 3 aromatic rings. The van der Waals surface area contributed by atoms with E-state index in [2.05, 4.69) is 16.5 Å². The van der Waals surface area contributed by atoms with Crippen LogP contribution in [-0.2, 0) is 6.54 Å². The topological polar surface area (TPSA) is 52.8 Å². The van der Waals surface area contributed by atoms with Crippen LogP contribution in [0.15, 0.2) is 47.5 Å². The molecule has 0 fully saturated rings. The Balaban J connectivity index is 2.04. The molecular weight excluding hydrogens is 348 g/mol. The van der Waals surface area contributed by atoms with E-state index in [1.165, 1.54) is 11.3 Å². The molecule has 0 atom stereocenters. The van der Waals surface area contributed by atoms with Gasteiger partial charge >= 0.3 is 0 Å². The summed E-state index contributed by atoms with van der Waals surface area (Å²) in [5.74, 6) is 1.29. The van der Waals surface area contributed by atoms with Gasteiger partial charge in [0, 0.05) is 12.1 Å². The minimum Gasteiger partial charge on any atom is -0.497 e. The van der Waals surface area contributed by atoms with Gasteiger partial charge in [-0.25, -0.2) is 0 Å². The average molecular weight is 370 g/mol. The monoisotopic (exact) mass is 370 g/mol. The normalized spacial score (nSPS) is 11.7. The number of aromatic nitrogens is 1. The molecule has 0 saturated carbocycles. The van der Waals surface area contributed by atoms with Crippen LogP contribution in [0.3, 0.4) is 0 Å². The molecule has 0 aliphatic rings. The fraction of sp³-hybridized carbons (Fsp3) is 0.300. The minimum absolute atomic E-state index is 0.255. The maximum atomic E-state index is 12.6. The highest BCUT2D eigenvalue weighted by molar-refractivity contribution is 7.16. The standard InChI is InChI=1S/C20H22N2O3S/c1-4-12-22-17-11-10-16(25-5-2)13-18(17)26-20(22)21-19(23)14-6-8-15(24-3)9-7-14/h6-11,13H,4-5,12H2,1-3H3. The lowest BCUT2D eigenvalue weighted by molar-refractivity contribution is 0.0998. The molecule has 0 bridgehead atoms. The van der Waals surface area contributed by atoms with E-state index in [9.17, 15) is 4.79 Å². The van der Waals surface area contributed by atoms with Crippen molar-refractivity contribution in [2.45, 2.75) is 26.8 Å². The number of fused-ring (bicyclic) bond motifs is 1. The van der Waals surface area contributed by atoms with Gasteiger partial charge in [-0.1, -0.05) is 18.3 Å². The lowest BCUT2D eigenvalue weighted by Gasteiger charge is -2.05. The summed E-state index contributed by atoms with van der Waals surface area (Å²) >= 11 is 1.51. The fourth-order valence-electron chi connectivity index (χ4n) is 2.72.